The van der Waals surface area contributed by atoms with Crippen LogP contribution in [-0.4, -0.2) is 23.8 Å². The van der Waals surface area contributed by atoms with E-state index in [0.717, 1.165) is 6.08 Å². The van der Waals surface area contributed by atoms with Gasteiger partial charge in [0.2, 0.25) is 0 Å². The van der Waals surface area contributed by atoms with Crippen LogP contribution in [0.5, 0.6) is 0 Å². The molecule has 1 atom stereocenters. The first-order chi connectivity index (χ1) is 5.22. The first kappa shape index (κ1) is 10.1. The number of hydrogen-bond acceptors (Lipinski definition) is 3. The van der Waals surface area contributed by atoms with Crippen molar-refractivity contribution in [1.29, 1.82) is 0 Å². The average molecular weight is 162 g/mol. The van der Waals surface area contributed by atoms with Crippen LogP contribution in [0.4, 0.5) is 4.39 Å². The summed E-state index contributed by atoms with van der Waals surface area (Å²) in [6, 6.07) is 0. The zero-order valence-corrected chi connectivity index (χ0v) is 6.29. The molecule has 1 N–H and O–H groups in total. The Kier molecular flexibility index (Phi) is 5.37. The third-order valence-corrected chi connectivity index (χ3v) is 1.01. The Labute approximate surface area is 64.5 Å². The third kappa shape index (κ3) is 4.50. The van der Waals surface area contributed by atoms with Gasteiger partial charge in [-0.05, 0) is 6.92 Å². The highest BCUT2D eigenvalue weighted by Crippen LogP contribution is 1.96. The van der Waals surface area contributed by atoms with Crippen molar-refractivity contribution in [3.05, 3.63) is 12.4 Å². The molecule has 0 aliphatic carbocycles. The number of halogens is 1. The topological polar surface area (TPSA) is 46.5 Å². The van der Waals surface area contributed by atoms with E-state index in [1.54, 1.807) is 6.92 Å². The second-order valence-electron chi connectivity index (χ2n) is 1.87. The Bertz CT molecular complexity index is 145. The summed E-state index contributed by atoms with van der Waals surface area (Å²) in [5, 5.41) is 8.89. The summed E-state index contributed by atoms with van der Waals surface area (Å²) in [4.78, 5) is 10.6. The van der Waals surface area contributed by atoms with Crippen LogP contribution in [0.15, 0.2) is 12.4 Å². The fourth-order valence-corrected chi connectivity index (χ4v) is 0.515. The van der Waals surface area contributed by atoms with Gasteiger partial charge >= 0.3 is 5.97 Å². The minimum absolute atomic E-state index is 0.0463. The van der Waals surface area contributed by atoms with Gasteiger partial charge in [0.05, 0.1) is 12.9 Å². The molecule has 0 fully saturated rings. The molecule has 4 heteroatoms. The lowest BCUT2D eigenvalue weighted by Crippen LogP contribution is -2.22. The van der Waals surface area contributed by atoms with E-state index in [2.05, 4.69) is 4.74 Å². The van der Waals surface area contributed by atoms with Crippen LogP contribution < -0.4 is 0 Å². The number of rotatable bonds is 4. The number of hydrogen-bond donors (Lipinski definition) is 1. The van der Waals surface area contributed by atoms with E-state index in [0.29, 0.717) is 0 Å². The van der Waals surface area contributed by atoms with Crippen molar-refractivity contribution in [2.45, 2.75) is 19.4 Å². The average Bonchev–Trinajstić information content (AvgIpc) is 2.00. The van der Waals surface area contributed by atoms with Gasteiger partial charge in [0.25, 0.3) is 0 Å². The minimum atomic E-state index is -1.25. The quantitative estimate of drug-likeness (QED) is 0.621. The predicted octanol–water partition coefficient (Wildman–Crippen LogP) is 0.784. The summed E-state index contributed by atoms with van der Waals surface area (Å²) < 4.78 is 15.8. The van der Waals surface area contributed by atoms with Gasteiger partial charge in [-0.3, -0.25) is 0 Å². The van der Waals surface area contributed by atoms with Crippen molar-refractivity contribution in [3.63, 3.8) is 0 Å². The molecule has 0 bridgehead atoms. The maximum absolute atomic E-state index is 11.4. The molecule has 3 nitrogen and oxygen atoms in total. The summed E-state index contributed by atoms with van der Waals surface area (Å²) >= 11 is 0. The highest BCUT2D eigenvalue weighted by atomic mass is 19.1. The molecule has 0 aliphatic rings. The molecule has 0 aromatic carbocycles. The highest BCUT2D eigenvalue weighted by Gasteiger charge is 2.13. The molecule has 0 spiro atoms. The zero-order chi connectivity index (χ0) is 8.69. The lowest BCUT2D eigenvalue weighted by atomic mass is 10.2. The Morgan fingerprint density at radius 1 is 1.82 bits per heavy atom. The van der Waals surface area contributed by atoms with Gasteiger partial charge < -0.3 is 9.84 Å². The second-order valence-corrected chi connectivity index (χ2v) is 1.87. The molecule has 0 saturated carbocycles. The molecule has 0 saturated heterocycles. The molecule has 0 rings (SSSR count). The zero-order valence-electron chi connectivity index (χ0n) is 6.29. The van der Waals surface area contributed by atoms with Crippen molar-refractivity contribution in [2.75, 3.05) is 6.61 Å². The number of aliphatic hydroxyl groups excluding tert-OH is 1. The lowest BCUT2D eigenvalue weighted by Gasteiger charge is -2.05. The lowest BCUT2D eigenvalue weighted by molar-refractivity contribution is -0.152. The summed E-state index contributed by atoms with van der Waals surface area (Å²) in [7, 11) is 0. The van der Waals surface area contributed by atoms with E-state index in [1.807, 2.05) is 0 Å². The minimum Gasteiger partial charge on any atom is -0.464 e. The van der Waals surface area contributed by atoms with Crippen molar-refractivity contribution in [2.24, 2.45) is 0 Å². The number of carbonyl (C=O) groups is 1. The summed E-state index contributed by atoms with van der Waals surface area (Å²) in [6.07, 6.45) is 0.0428. The first-order valence-electron chi connectivity index (χ1n) is 3.32. The Morgan fingerprint density at radius 2 is 2.45 bits per heavy atom. The van der Waals surface area contributed by atoms with Gasteiger partial charge in [-0.25, -0.2) is 9.18 Å². The summed E-state index contributed by atoms with van der Waals surface area (Å²) in [5.41, 5.74) is 0. The predicted molar refractivity (Wildman–Crippen MR) is 37.5 cm³/mol. The maximum Gasteiger partial charge on any atom is 0.335 e. The van der Waals surface area contributed by atoms with Crippen molar-refractivity contribution in [3.8, 4) is 0 Å². The molecule has 0 amide bonds. The second kappa shape index (κ2) is 5.85. The molecule has 0 unspecified atom stereocenters. The van der Waals surface area contributed by atoms with Crippen LogP contribution in [0.25, 0.3) is 0 Å². The van der Waals surface area contributed by atoms with Crippen LogP contribution in [-0.2, 0) is 9.53 Å². The van der Waals surface area contributed by atoms with Gasteiger partial charge in [-0.15, -0.1) is 0 Å². The highest BCUT2D eigenvalue weighted by molar-refractivity contribution is 5.74. The van der Waals surface area contributed by atoms with E-state index >= 15 is 0 Å². The summed E-state index contributed by atoms with van der Waals surface area (Å²) in [6.45, 7) is 1.85. The standard InChI is InChI=1S/C7H11FO3/c1-2-11-7(10)6(9)4-3-5-8/h3,5-6,9H,2,4H2,1H3/b5-3-/t6-/m0/s1. The number of aliphatic hydroxyl groups is 1. The Morgan fingerprint density at radius 3 is 2.91 bits per heavy atom. The number of ether oxygens (including phenoxy) is 1. The fraction of sp³-hybridized carbons (Fsp3) is 0.571. The molecule has 64 valence electrons. The van der Waals surface area contributed by atoms with Gasteiger partial charge in [0, 0.05) is 6.42 Å². The van der Waals surface area contributed by atoms with E-state index in [4.69, 9.17) is 5.11 Å². The van der Waals surface area contributed by atoms with E-state index in [-0.39, 0.29) is 19.4 Å². The van der Waals surface area contributed by atoms with Crippen LogP contribution >= 0.6 is 0 Å². The van der Waals surface area contributed by atoms with E-state index in [1.165, 1.54) is 0 Å². The summed E-state index contributed by atoms with van der Waals surface area (Å²) in [5.74, 6) is -0.717. The Balaban J connectivity index is 3.63. The molecular formula is C7H11FO3. The molecular weight excluding hydrogens is 151 g/mol. The van der Waals surface area contributed by atoms with Crippen LogP contribution in [0.1, 0.15) is 13.3 Å². The van der Waals surface area contributed by atoms with E-state index < -0.39 is 12.1 Å². The molecule has 11 heavy (non-hydrogen) atoms. The monoisotopic (exact) mass is 162 g/mol. The third-order valence-electron chi connectivity index (χ3n) is 1.01. The molecule has 0 aromatic heterocycles. The smallest absolute Gasteiger partial charge is 0.335 e. The van der Waals surface area contributed by atoms with Gasteiger partial charge in [0.1, 0.15) is 0 Å². The van der Waals surface area contributed by atoms with Crippen molar-refractivity contribution >= 4 is 5.97 Å². The fourth-order valence-electron chi connectivity index (χ4n) is 0.515. The molecule has 0 aromatic rings. The number of carbonyl (C=O) groups excluding carboxylic acids is 1. The van der Waals surface area contributed by atoms with Gasteiger partial charge in [0.15, 0.2) is 6.10 Å². The maximum atomic E-state index is 11.4. The molecule has 0 heterocycles. The molecule has 0 aliphatic heterocycles. The van der Waals surface area contributed by atoms with Gasteiger partial charge in [-0.2, -0.15) is 0 Å². The Hall–Kier alpha value is -0.900. The SMILES string of the molecule is CCOC(=O)[C@@H](O)C/C=C\F. The van der Waals surface area contributed by atoms with Crippen LogP contribution in [0.2, 0.25) is 0 Å². The normalized spacial score (nSPS) is 13.4. The largest absolute Gasteiger partial charge is 0.464 e. The van der Waals surface area contributed by atoms with Crippen molar-refractivity contribution < 1.29 is 19.0 Å². The van der Waals surface area contributed by atoms with Crippen LogP contribution in [0, 0.1) is 0 Å². The number of esters is 1. The van der Waals surface area contributed by atoms with E-state index in [9.17, 15) is 9.18 Å². The van der Waals surface area contributed by atoms with Crippen LogP contribution in [0.3, 0.4) is 0 Å². The van der Waals surface area contributed by atoms with Crippen molar-refractivity contribution in [1.82, 2.24) is 0 Å². The van der Waals surface area contributed by atoms with Gasteiger partial charge in [-0.1, -0.05) is 6.08 Å². The molecule has 0 radical (unpaired) electrons. The first-order valence-corrected chi connectivity index (χ1v) is 3.32.